The Morgan fingerprint density at radius 2 is 0.972 bits per heavy atom. The number of esters is 4. The van der Waals surface area contributed by atoms with Gasteiger partial charge in [-0.05, 0) is 203 Å². The first-order valence-corrected chi connectivity index (χ1v) is 53.1. The summed E-state index contributed by atoms with van der Waals surface area (Å²) in [7, 11) is 14.4. The second-order valence-corrected chi connectivity index (χ2v) is 42.3. The molecule has 0 saturated carbocycles. The summed E-state index contributed by atoms with van der Waals surface area (Å²) in [6.07, 6.45) is 20.0. The number of carbonyl (C=O) groups excluding carboxylic acids is 7. The first-order chi connectivity index (χ1) is 67.9. The maximum Gasteiger partial charge on any atom is 0.328 e. The van der Waals surface area contributed by atoms with Gasteiger partial charge in [0.15, 0.2) is 0 Å². The molecular weight excluding hydrogens is 1800 g/mol. The van der Waals surface area contributed by atoms with Gasteiger partial charge in [0, 0.05) is 96.2 Å². The van der Waals surface area contributed by atoms with Gasteiger partial charge in [-0.1, -0.05) is 320 Å². The number of methoxy groups -OCH3 is 8. The first-order valence-electron chi connectivity index (χ1n) is 52.1. The van der Waals surface area contributed by atoms with E-state index < -0.39 is 12.0 Å². The zero-order valence-corrected chi connectivity index (χ0v) is 92.4. The van der Waals surface area contributed by atoms with E-state index in [1.54, 1.807) is 28.4 Å². The average Bonchev–Trinajstić information content (AvgIpc) is 1.22. The molecular formula is C120H181N5O16S. The third-order valence-corrected chi connectivity index (χ3v) is 28.0. The van der Waals surface area contributed by atoms with Crippen molar-refractivity contribution in [1.82, 2.24) is 21.3 Å². The topological polar surface area (TPSA) is 263 Å². The van der Waals surface area contributed by atoms with Crippen LogP contribution in [0.2, 0.25) is 0 Å². The lowest BCUT2D eigenvalue weighted by Crippen LogP contribution is -2.61. The molecule has 3 saturated heterocycles. The lowest BCUT2D eigenvalue weighted by Gasteiger charge is -2.46. The second kappa shape index (κ2) is 69.6. The minimum Gasteiger partial charge on any atom is -0.469 e. The Labute approximate surface area is 859 Å². The van der Waals surface area contributed by atoms with Crippen LogP contribution in [-0.2, 0) is 108 Å². The highest BCUT2D eigenvalue weighted by Crippen LogP contribution is 2.41. The van der Waals surface area contributed by atoms with Gasteiger partial charge < -0.3 is 63.9 Å². The van der Waals surface area contributed by atoms with Crippen molar-refractivity contribution in [1.29, 1.82) is 0 Å². The van der Waals surface area contributed by atoms with Crippen LogP contribution in [0.1, 0.15) is 236 Å². The molecule has 0 spiro atoms. The highest BCUT2D eigenvalue weighted by molar-refractivity contribution is 8.00. The van der Waals surface area contributed by atoms with E-state index in [-0.39, 0.29) is 95.7 Å². The van der Waals surface area contributed by atoms with Crippen LogP contribution in [-0.4, -0.2) is 185 Å². The number of rotatable bonds is 40. The predicted molar refractivity (Wildman–Crippen MR) is 586 cm³/mol. The van der Waals surface area contributed by atoms with E-state index in [1.807, 2.05) is 158 Å². The summed E-state index contributed by atoms with van der Waals surface area (Å²) in [5, 5.41) is 18.2. The number of fused-ring (bicyclic) bond motifs is 4. The summed E-state index contributed by atoms with van der Waals surface area (Å²) in [6.45, 7) is 43.0. The summed E-state index contributed by atoms with van der Waals surface area (Å²) in [4.78, 5) is 87.1. The van der Waals surface area contributed by atoms with Gasteiger partial charge in [0.1, 0.15) is 30.5 Å². The number of ether oxygens (including phenoxy) is 9. The maximum atomic E-state index is 12.9. The number of aliphatic imine (C=N–C) groups is 1. The normalized spacial score (nSPS) is 18.4. The molecule has 0 unspecified atom stereocenters. The van der Waals surface area contributed by atoms with Gasteiger partial charge in [0.25, 0.3) is 0 Å². The molecule has 788 valence electrons. The molecule has 3 fully saturated rings. The second-order valence-electron chi connectivity index (χ2n) is 41.0. The van der Waals surface area contributed by atoms with Crippen molar-refractivity contribution in [3.8, 4) is 0 Å². The molecule has 7 aromatic rings. The molecule has 21 nitrogen and oxygen atoms in total. The Morgan fingerprint density at radius 1 is 0.500 bits per heavy atom. The minimum atomic E-state index is -0.688. The largest absolute Gasteiger partial charge is 0.469 e. The molecule has 3 amide bonds. The third-order valence-electron chi connectivity index (χ3n) is 26.4. The van der Waals surface area contributed by atoms with E-state index in [1.165, 1.54) is 90.7 Å². The van der Waals surface area contributed by atoms with Gasteiger partial charge in [0.2, 0.25) is 17.7 Å². The fraction of sp³-hybridized carbons (Fsp3) is 0.583. The SMILES string of the molecule is CC(C)CCNC(=O)CCCC[C@@H]1SC[C@@H]2CC(=O)N[C@@H]21.CC(C)Cc1c2ccccc2cc2ccccc12.CCC(C)C.CNCCC(C)C.COC(=O)[C@H](CC1=CCC=N1)C(C)C.COC(=O)[C@H](CC1=CCc2ccccc21)C(C)C.COC(=O)[C@H](Cc1ccccc1)C(C)C.COC(=O)[C@H](Cc1ccccc1)NC(=O)[C@H](Cc1ccccc1)C(C)C.COC[C@@H]1O[C@H](C(C)C)[C@@H](OC)[C@H](OC)[C@@H]1OC. The van der Waals surface area contributed by atoms with E-state index in [4.69, 9.17) is 42.6 Å². The smallest absolute Gasteiger partial charge is 0.328 e. The van der Waals surface area contributed by atoms with Crippen LogP contribution in [0.3, 0.4) is 0 Å². The molecule has 1 aliphatic carbocycles. The van der Waals surface area contributed by atoms with Crippen LogP contribution in [0.25, 0.3) is 27.1 Å². The van der Waals surface area contributed by atoms with Crippen molar-refractivity contribution in [3.05, 3.63) is 221 Å². The summed E-state index contributed by atoms with van der Waals surface area (Å²) in [6, 6.07) is 57.5. The molecule has 12 rings (SSSR count). The lowest BCUT2D eigenvalue weighted by molar-refractivity contribution is -0.257. The van der Waals surface area contributed by atoms with Crippen LogP contribution < -0.4 is 21.3 Å². The van der Waals surface area contributed by atoms with Crippen molar-refractivity contribution in [3.63, 3.8) is 0 Å². The fourth-order valence-corrected chi connectivity index (χ4v) is 19.2. The standard InChI is InChI=1S/C22H27NO3.C18H18.C16H28N2O2S.C16H20O2.C13H26O5.C13H18O2.C11H17NO2.C6H15N.C5H12/c1-16(2)19(14-17-10-6-4-7-11-17)21(24)23-20(22(25)26-3)15-18-12-8-5-9-13-18;1-13(2)11-18-16-9-5-3-7-14(16)12-15-8-4-6-10-17(15)18;1-11(2)7-8-17-14(19)6-4-3-5-13-16-12(10-21-13)9-15(20)18-16;1-11(2)15(16(17)18-3)10-13-9-8-12-6-4-5-7-14(12)13;1-8(2)10-12(16-5)13(17-6)11(15-4)9(18-10)7-14-3;1-10(2)12(13(14)15-3)9-11-7-5-4-6-8-11;1-8(2)10(11(13)14-3)7-9-5-4-6-12-9;1-6(2)4-5-7-3;1-4-5(2)3/h4-13,16,19-20H,14-15H2,1-3H3,(H,23,24);3-10,12-13H,11H2,1-2H3;11-13,16H,3-10H2,1-2H3,(H,17,19)(H,18,20);4-7,9,11,15H,8,10H2,1-3H3;8-13H,7H2,1-6H3;4-8,10,12H,9H2,1-3H3;5-6,8,10H,4,7H2,1-3H3;6-7H,4-5H2,1-3H3;5H,4H2,1-3H3/t19-,20+;;12-,13-,16-;15-;9-,10+,11+,12+,13+;12-;10-;;/m1.01011../s1. The van der Waals surface area contributed by atoms with Crippen LogP contribution in [0.15, 0.2) is 193 Å². The molecule has 0 bridgehead atoms. The Balaban J connectivity index is 0.000000341. The number of hydrogen-bond donors (Lipinski definition) is 4. The number of carbonyl (C=O) groups is 7. The first kappa shape index (κ1) is 125. The van der Waals surface area contributed by atoms with Gasteiger partial charge in [-0.15, -0.1) is 0 Å². The molecule has 4 aliphatic heterocycles. The molecule has 0 radical (unpaired) electrons. The van der Waals surface area contributed by atoms with Crippen LogP contribution in [0, 0.1) is 82.9 Å². The molecule has 0 aromatic heterocycles. The van der Waals surface area contributed by atoms with Gasteiger partial charge in [-0.3, -0.25) is 33.8 Å². The Bertz CT molecular complexity index is 4770. The van der Waals surface area contributed by atoms with Gasteiger partial charge in [-0.2, -0.15) is 11.8 Å². The highest BCUT2D eigenvalue weighted by atomic mass is 32.2. The molecule has 142 heavy (non-hydrogen) atoms. The number of unbranched alkanes of at least 4 members (excludes halogenated alkanes) is 1. The quantitative estimate of drug-likeness (QED) is 0.0120. The number of allylic oxidation sites excluding steroid dienone is 4. The van der Waals surface area contributed by atoms with Gasteiger partial charge in [0.05, 0.1) is 58.9 Å². The summed E-state index contributed by atoms with van der Waals surface area (Å²) >= 11 is 2.00. The number of benzene rings is 7. The van der Waals surface area contributed by atoms with E-state index in [2.05, 4.69) is 207 Å². The van der Waals surface area contributed by atoms with Gasteiger partial charge in [-0.25, -0.2) is 4.79 Å². The van der Waals surface area contributed by atoms with Crippen molar-refractivity contribution >= 4 is 86.7 Å². The van der Waals surface area contributed by atoms with Gasteiger partial charge >= 0.3 is 23.9 Å². The molecule has 4 N–H and O–H groups in total. The fourth-order valence-electron chi connectivity index (χ4n) is 17.5. The molecule has 13 atom stereocenters. The monoisotopic (exact) mass is 1980 g/mol. The van der Waals surface area contributed by atoms with E-state index >= 15 is 0 Å². The van der Waals surface area contributed by atoms with Crippen LogP contribution >= 0.6 is 11.8 Å². The molecule has 4 heterocycles. The summed E-state index contributed by atoms with van der Waals surface area (Å²) in [5.74, 6) is 5.23. The van der Waals surface area contributed by atoms with Crippen molar-refractivity contribution in [2.45, 2.75) is 282 Å². The average molecular weight is 1980 g/mol. The molecule has 7 aromatic carbocycles. The number of nitrogens with zero attached hydrogens (tertiary/aromatic N) is 1. The third kappa shape index (κ3) is 45.1. The summed E-state index contributed by atoms with van der Waals surface area (Å²) in [5.41, 5.74) is 9.72. The van der Waals surface area contributed by atoms with Crippen molar-refractivity contribution in [2.24, 2.45) is 87.8 Å². The number of nitrogens with one attached hydrogen (secondary N) is 4. The summed E-state index contributed by atoms with van der Waals surface area (Å²) < 4.78 is 47.3. The van der Waals surface area contributed by atoms with Crippen molar-refractivity contribution in [2.75, 3.05) is 89.4 Å². The maximum absolute atomic E-state index is 12.9. The zero-order chi connectivity index (χ0) is 105. The van der Waals surface area contributed by atoms with Crippen LogP contribution in [0.5, 0.6) is 0 Å². The number of hydrogen-bond acceptors (Lipinski definition) is 19. The minimum absolute atomic E-state index is 0.0218. The molecule has 22 heteroatoms. The lowest BCUT2D eigenvalue weighted by atomic mass is 9.87. The highest BCUT2D eigenvalue weighted by Gasteiger charge is 2.48. The Kier molecular flexibility index (Phi) is 61.2. The van der Waals surface area contributed by atoms with E-state index in [0.717, 1.165) is 105 Å². The molecule has 5 aliphatic rings. The number of amides is 3. The van der Waals surface area contributed by atoms with E-state index in [9.17, 15) is 33.6 Å². The number of thioether (sulfide) groups is 1. The Morgan fingerprint density at radius 3 is 1.42 bits per heavy atom. The van der Waals surface area contributed by atoms with Crippen molar-refractivity contribution < 1.29 is 76.2 Å². The predicted octanol–water partition coefficient (Wildman–Crippen LogP) is 23.6. The Hall–Kier alpha value is -9.39. The van der Waals surface area contributed by atoms with E-state index in [0.29, 0.717) is 91.4 Å². The van der Waals surface area contributed by atoms with Crippen LogP contribution in [0.4, 0.5) is 0 Å². The zero-order valence-electron chi connectivity index (χ0n) is 91.6.